The van der Waals surface area contributed by atoms with Crippen LogP contribution in [0.2, 0.25) is 0 Å². The van der Waals surface area contributed by atoms with E-state index >= 15 is 4.57 Å². The van der Waals surface area contributed by atoms with Gasteiger partial charge in [-0.25, -0.2) is 4.57 Å². The van der Waals surface area contributed by atoms with Gasteiger partial charge in [0.15, 0.2) is 23.0 Å². The van der Waals surface area contributed by atoms with Crippen molar-refractivity contribution in [3.63, 3.8) is 0 Å². The number of fused-ring (bicyclic) bond motifs is 2. The molecule has 0 amide bonds. The summed E-state index contributed by atoms with van der Waals surface area (Å²) < 4.78 is 51.5. The number of benzene rings is 2. The third-order valence-electron chi connectivity index (χ3n) is 8.06. The molecule has 5 aliphatic rings. The zero-order chi connectivity index (χ0) is 24.4. The van der Waals surface area contributed by atoms with Crippen molar-refractivity contribution in [1.29, 1.82) is 0 Å². The van der Waals surface area contributed by atoms with Crippen LogP contribution in [-0.4, -0.2) is 44.8 Å². The lowest BCUT2D eigenvalue weighted by Crippen LogP contribution is -2.51. The van der Waals surface area contributed by atoms with Crippen LogP contribution < -0.4 is 18.5 Å². The minimum Gasteiger partial charge on any atom is -0.487 e. The largest absolute Gasteiger partial charge is 0.487 e. The maximum absolute atomic E-state index is 15.2. The molecular weight excluding hydrogens is 479 g/mol. The molecule has 36 heavy (non-hydrogen) atoms. The first-order valence-electron chi connectivity index (χ1n) is 13.2. The molecule has 8 heteroatoms. The summed E-state index contributed by atoms with van der Waals surface area (Å²) in [6, 6.07) is 14.8. The fourth-order valence-corrected chi connectivity index (χ4v) is 9.59. The van der Waals surface area contributed by atoms with Crippen molar-refractivity contribution >= 4 is 7.60 Å². The molecule has 1 heterocycles. The highest BCUT2D eigenvalue weighted by Gasteiger charge is 2.63. The molecule has 4 fully saturated rings. The van der Waals surface area contributed by atoms with E-state index in [1.54, 1.807) is 0 Å². The van der Waals surface area contributed by atoms with Gasteiger partial charge in [-0.2, -0.15) is 0 Å². The van der Waals surface area contributed by atoms with Crippen molar-refractivity contribution in [2.24, 2.45) is 17.8 Å². The Bertz CT molecular complexity index is 1010. The third kappa shape index (κ3) is 4.85. The summed E-state index contributed by atoms with van der Waals surface area (Å²) >= 11 is 0. The summed E-state index contributed by atoms with van der Waals surface area (Å²) in [7, 11) is -3.70. The number of para-hydroxylation sites is 4. The van der Waals surface area contributed by atoms with E-state index in [1.807, 2.05) is 48.5 Å². The molecule has 194 valence electrons. The van der Waals surface area contributed by atoms with Gasteiger partial charge in [0.05, 0.1) is 31.6 Å². The number of hydrogen-bond donors (Lipinski definition) is 0. The first kappa shape index (κ1) is 24.1. The van der Waals surface area contributed by atoms with Crippen molar-refractivity contribution < 1.29 is 32.6 Å². The fourth-order valence-electron chi connectivity index (χ4n) is 6.90. The molecule has 0 spiro atoms. The number of rotatable bonds is 1. The Labute approximate surface area is 212 Å². The Morgan fingerprint density at radius 3 is 1.42 bits per heavy atom. The summed E-state index contributed by atoms with van der Waals surface area (Å²) in [6.07, 6.45) is 6.34. The van der Waals surface area contributed by atoms with Crippen LogP contribution in [0.4, 0.5) is 0 Å². The molecule has 0 aromatic heterocycles. The van der Waals surface area contributed by atoms with Gasteiger partial charge in [-0.3, -0.25) is 0 Å². The van der Waals surface area contributed by atoms with Gasteiger partial charge < -0.3 is 28.0 Å². The standard InChI is InChI=1S/C28H35O7P/c29-36(28-18-21-15-22(19-28)17-23(16-21)20-28)34-26-7-3-1-5-24(26)32-13-11-30-9-10-31-12-14-33-25-6-2-4-8-27(25)35-36/h1-8,21-23H,9-20H2. The van der Waals surface area contributed by atoms with E-state index in [1.165, 1.54) is 19.3 Å². The van der Waals surface area contributed by atoms with Crippen molar-refractivity contribution in [3.05, 3.63) is 48.5 Å². The predicted octanol–water partition coefficient (Wildman–Crippen LogP) is 6.11. The summed E-state index contributed by atoms with van der Waals surface area (Å²) in [6.45, 7) is 2.50. The van der Waals surface area contributed by atoms with E-state index in [2.05, 4.69) is 0 Å². The molecule has 4 bridgehead atoms. The molecule has 4 aliphatic carbocycles. The van der Waals surface area contributed by atoms with Crippen LogP contribution in [0.5, 0.6) is 23.0 Å². The maximum atomic E-state index is 15.2. The van der Waals surface area contributed by atoms with E-state index in [4.69, 9.17) is 28.0 Å². The highest BCUT2D eigenvalue weighted by atomic mass is 31.2. The van der Waals surface area contributed by atoms with Crippen LogP contribution in [0.15, 0.2) is 48.5 Å². The molecule has 0 N–H and O–H groups in total. The number of ether oxygens (including phenoxy) is 4. The van der Waals surface area contributed by atoms with Crippen LogP contribution in [0.3, 0.4) is 0 Å². The molecule has 4 saturated carbocycles. The third-order valence-corrected chi connectivity index (χ3v) is 10.6. The second-order valence-corrected chi connectivity index (χ2v) is 12.9. The van der Waals surface area contributed by atoms with Gasteiger partial charge in [-0.1, -0.05) is 24.3 Å². The van der Waals surface area contributed by atoms with Gasteiger partial charge in [0.2, 0.25) is 0 Å². The topological polar surface area (TPSA) is 72.5 Å². The van der Waals surface area contributed by atoms with Gasteiger partial charge in [0.1, 0.15) is 13.2 Å². The average molecular weight is 515 g/mol. The smallest absolute Gasteiger partial charge is 0.437 e. The summed E-state index contributed by atoms with van der Waals surface area (Å²) in [5.74, 6) is 3.74. The highest BCUT2D eigenvalue weighted by molar-refractivity contribution is 7.56. The van der Waals surface area contributed by atoms with E-state index < -0.39 is 12.8 Å². The lowest BCUT2D eigenvalue weighted by molar-refractivity contribution is 0.0242. The van der Waals surface area contributed by atoms with Crippen molar-refractivity contribution in [2.45, 2.75) is 43.7 Å². The van der Waals surface area contributed by atoms with Gasteiger partial charge in [0, 0.05) is 0 Å². The lowest BCUT2D eigenvalue weighted by Gasteiger charge is -2.57. The first-order chi connectivity index (χ1) is 17.6. The Kier molecular flexibility index (Phi) is 6.89. The summed E-state index contributed by atoms with van der Waals surface area (Å²) in [4.78, 5) is 0. The van der Waals surface area contributed by atoms with Gasteiger partial charge in [-0.05, 0) is 80.5 Å². The quantitative estimate of drug-likeness (QED) is 0.425. The molecule has 1 aliphatic heterocycles. The molecule has 7 rings (SSSR count). The molecular formula is C28H35O7P. The van der Waals surface area contributed by atoms with E-state index in [9.17, 15) is 0 Å². The van der Waals surface area contributed by atoms with Crippen LogP contribution in [0.1, 0.15) is 38.5 Å². The van der Waals surface area contributed by atoms with Crippen molar-refractivity contribution in [1.82, 2.24) is 0 Å². The van der Waals surface area contributed by atoms with Crippen LogP contribution >= 0.6 is 7.60 Å². The summed E-state index contributed by atoms with van der Waals surface area (Å²) in [5.41, 5.74) is 0. The second kappa shape index (κ2) is 10.3. The normalized spacial score (nSPS) is 31.9. The molecule has 2 aromatic rings. The first-order valence-corrected chi connectivity index (χ1v) is 14.8. The molecule has 0 unspecified atom stereocenters. The van der Waals surface area contributed by atoms with E-state index in [0.717, 1.165) is 19.3 Å². The molecule has 0 atom stereocenters. The Morgan fingerprint density at radius 1 is 0.583 bits per heavy atom. The Balaban J connectivity index is 1.39. The van der Waals surface area contributed by atoms with Gasteiger partial charge >= 0.3 is 7.60 Å². The van der Waals surface area contributed by atoms with Crippen LogP contribution in [-0.2, 0) is 14.0 Å². The fraction of sp³-hybridized carbons (Fsp3) is 0.571. The van der Waals surface area contributed by atoms with Gasteiger partial charge in [0.25, 0.3) is 0 Å². The lowest BCUT2D eigenvalue weighted by atomic mass is 9.56. The van der Waals surface area contributed by atoms with E-state index in [0.29, 0.717) is 80.4 Å². The van der Waals surface area contributed by atoms with Crippen LogP contribution in [0, 0.1) is 17.8 Å². The molecule has 2 aromatic carbocycles. The van der Waals surface area contributed by atoms with Crippen molar-refractivity contribution in [3.8, 4) is 23.0 Å². The van der Waals surface area contributed by atoms with E-state index in [-0.39, 0.29) is 0 Å². The molecule has 0 saturated heterocycles. The minimum atomic E-state index is -3.70. The van der Waals surface area contributed by atoms with Crippen molar-refractivity contribution in [2.75, 3.05) is 39.6 Å². The average Bonchev–Trinajstić information content (AvgIpc) is 2.86. The molecule has 0 radical (unpaired) electrons. The molecule has 7 nitrogen and oxygen atoms in total. The highest BCUT2D eigenvalue weighted by Crippen LogP contribution is 2.73. The Hall–Kier alpha value is -2.21. The monoisotopic (exact) mass is 514 g/mol. The predicted molar refractivity (Wildman–Crippen MR) is 135 cm³/mol. The SMILES string of the molecule is O=P1(C23CC4CC(CC(C4)C2)C3)Oc2ccccc2OCCOCCOCCOc2ccccc2O1. The minimum absolute atomic E-state index is 0.356. The zero-order valence-electron chi connectivity index (χ0n) is 20.6. The number of hydrogen-bond acceptors (Lipinski definition) is 7. The summed E-state index contributed by atoms with van der Waals surface area (Å²) in [5, 5.41) is -0.503. The Morgan fingerprint density at radius 2 is 0.972 bits per heavy atom. The van der Waals surface area contributed by atoms with Crippen LogP contribution in [0.25, 0.3) is 0 Å². The second-order valence-electron chi connectivity index (χ2n) is 10.6. The maximum Gasteiger partial charge on any atom is 0.437 e. The van der Waals surface area contributed by atoms with Gasteiger partial charge in [-0.15, -0.1) is 0 Å². The zero-order valence-corrected chi connectivity index (χ0v) is 21.5.